The second-order valence-electron chi connectivity index (χ2n) is 3.60. The van der Waals surface area contributed by atoms with Gasteiger partial charge in [-0.05, 0) is 24.6 Å². The highest BCUT2D eigenvalue weighted by atomic mass is 19.1. The normalized spacial score (nSPS) is 10.4. The van der Waals surface area contributed by atoms with Crippen molar-refractivity contribution in [3.63, 3.8) is 0 Å². The molecule has 0 radical (unpaired) electrons. The highest BCUT2D eigenvalue weighted by molar-refractivity contribution is 5.66. The van der Waals surface area contributed by atoms with Crippen LogP contribution in [-0.4, -0.2) is 4.98 Å². The fourth-order valence-corrected chi connectivity index (χ4v) is 1.49. The third-order valence-electron chi connectivity index (χ3n) is 2.27. The number of benzene rings is 1. The highest BCUT2D eigenvalue weighted by Crippen LogP contribution is 2.26. The molecule has 0 aliphatic carbocycles. The Bertz CT molecular complexity index is 539. The summed E-state index contributed by atoms with van der Waals surface area (Å²) < 4.78 is 26.8. The van der Waals surface area contributed by atoms with Crippen LogP contribution in [-0.2, 0) is 0 Å². The van der Waals surface area contributed by atoms with Crippen LogP contribution in [0.15, 0.2) is 30.6 Å². The predicted octanol–water partition coefficient (Wildman–Crippen LogP) is 2.92. The second kappa shape index (κ2) is 3.89. The van der Waals surface area contributed by atoms with E-state index in [0.29, 0.717) is 5.56 Å². The zero-order valence-corrected chi connectivity index (χ0v) is 8.67. The largest absolute Gasteiger partial charge is 0.396 e. The first-order valence-electron chi connectivity index (χ1n) is 4.74. The summed E-state index contributed by atoms with van der Waals surface area (Å²) in [5, 5.41) is 0. The molecule has 0 unspecified atom stereocenters. The Balaban J connectivity index is 2.60. The first kappa shape index (κ1) is 10.5. The molecule has 0 saturated carbocycles. The van der Waals surface area contributed by atoms with Crippen LogP contribution in [0.4, 0.5) is 14.5 Å². The lowest BCUT2D eigenvalue weighted by Gasteiger charge is -2.05. The topological polar surface area (TPSA) is 38.9 Å². The van der Waals surface area contributed by atoms with Crippen LogP contribution in [0.25, 0.3) is 11.1 Å². The van der Waals surface area contributed by atoms with Crippen LogP contribution in [0.5, 0.6) is 0 Å². The van der Waals surface area contributed by atoms with Crippen LogP contribution in [0.2, 0.25) is 0 Å². The minimum Gasteiger partial charge on any atom is -0.396 e. The van der Waals surface area contributed by atoms with E-state index in [1.807, 2.05) is 6.92 Å². The van der Waals surface area contributed by atoms with E-state index in [4.69, 9.17) is 5.73 Å². The minimum absolute atomic E-state index is 0.169. The van der Waals surface area contributed by atoms with Gasteiger partial charge in [0.05, 0.1) is 5.69 Å². The number of aryl methyl sites for hydroxylation is 1. The number of anilines is 1. The standard InChI is InChI=1S/C12H10F2N2/c1-7-2-8(6-16-5-7)9-3-11(14)12(15)4-10(9)13/h2-6H,15H2,1H3. The SMILES string of the molecule is Cc1cncc(-c2cc(F)c(N)cc2F)c1. The summed E-state index contributed by atoms with van der Waals surface area (Å²) in [6.07, 6.45) is 3.14. The van der Waals surface area contributed by atoms with Crippen LogP contribution >= 0.6 is 0 Å². The number of rotatable bonds is 1. The van der Waals surface area contributed by atoms with E-state index < -0.39 is 11.6 Å². The van der Waals surface area contributed by atoms with E-state index in [1.54, 1.807) is 12.3 Å². The Morgan fingerprint density at radius 3 is 2.50 bits per heavy atom. The molecular weight excluding hydrogens is 210 g/mol. The molecule has 2 rings (SSSR count). The summed E-state index contributed by atoms with van der Waals surface area (Å²) >= 11 is 0. The fourth-order valence-electron chi connectivity index (χ4n) is 1.49. The second-order valence-corrected chi connectivity index (χ2v) is 3.60. The lowest BCUT2D eigenvalue weighted by atomic mass is 10.1. The molecule has 4 heteroatoms. The Morgan fingerprint density at radius 1 is 1.06 bits per heavy atom. The molecule has 0 atom stereocenters. The number of hydrogen-bond donors (Lipinski definition) is 1. The van der Waals surface area contributed by atoms with Gasteiger partial charge in [-0.1, -0.05) is 0 Å². The molecule has 82 valence electrons. The maximum absolute atomic E-state index is 13.6. The molecule has 0 aliphatic heterocycles. The summed E-state index contributed by atoms with van der Waals surface area (Å²) in [4.78, 5) is 3.93. The van der Waals surface area contributed by atoms with Crippen molar-refractivity contribution in [1.82, 2.24) is 4.98 Å². The van der Waals surface area contributed by atoms with E-state index in [-0.39, 0.29) is 11.3 Å². The molecule has 2 nitrogen and oxygen atoms in total. The van der Waals surface area contributed by atoms with E-state index in [9.17, 15) is 8.78 Å². The number of nitrogens with zero attached hydrogens (tertiary/aromatic N) is 1. The molecule has 0 saturated heterocycles. The van der Waals surface area contributed by atoms with Crippen LogP contribution in [0.3, 0.4) is 0 Å². The number of pyridine rings is 1. The van der Waals surface area contributed by atoms with Gasteiger partial charge >= 0.3 is 0 Å². The smallest absolute Gasteiger partial charge is 0.146 e. The molecule has 0 aliphatic rings. The Morgan fingerprint density at radius 2 is 1.81 bits per heavy atom. The van der Waals surface area contributed by atoms with Gasteiger partial charge in [0.1, 0.15) is 11.6 Å². The summed E-state index contributed by atoms with van der Waals surface area (Å²) in [5.74, 6) is -1.18. The van der Waals surface area contributed by atoms with Crippen LogP contribution < -0.4 is 5.73 Å². The van der Waals surface area contributed by atoms with Crippen molar-refractivity contribution in [3.8, 4) is 11.1 Å². The fraction of sp³-hybridized carbons (Fsp3) is 0.0833. The first-order chi connectivity index (χ1) is 7.58. The van der Waals surface area contributed by atoms with Gasteiger partial charge in [0, 0.05) is 29.6 Å². The molecule has 0 fully saturated rings. The number of hydrogen-bond acceptors (Lipinski definition) is 2. The van der Waals surface area contributed by atoms with E-state index in [0.717, 1.165) is 17.7 Å². The summed E-state index contributed by atoms with van der Waals surface area (Å²) in [7, 11) is 0. The van der Waals surface area contributed by atoms with Gasteiger partial charge in [-0.25, -0.2) is 8.78 Å². The van der Waals surface area contributed by atoms with Crippen molar-refractivity contribution in [2.45, 2.75) is 6.92 Å². The zero-order valence-electron chi connectivity index (χ0n) is 8.67. The quantitative estimate of drug-likeness (QED) is 0.750. The van der Waals surface area contributed by atoms with Gasteiger partial charge in [0.25, 0.3) is 0 Å². The zero-order chi connectivity index (χ0) is 11.7. The van der Waals surface area contributed by atoms with Crippen molar-refractivity contribution in [2.24, 2.45) is 0 Å². The average molecular weight is 220 g/mol. The molecule has 2 aromatic rings. The monoisotopic (exact) mass is 220 g/mol. The van der Waals surface area contributed by atoms with Gasteiger partial charge in [-0.15, -0.1) is 0 Å². The van der Waals surface area contributed by atoms with Crippen LogP contribution in [0.1, 0.15) is 5.56 Å². The molecule has 0 spiro atoms. The summed E-state index contributed by atoms with van der Waals surface area (Å²) in [5.41, 5.74) is 6.67. The predicted molar refractivity (Wildman–Crippen MR) is 58.7 cm³/mol. The van der Waals surface area contributed by atoms with E-state index in [2.05, 4.69) is 4.98 Å². The molecule has 0 amide bonds. The number of nitrogens with two attached hydrogens (primary N) is 1. The van der Waals surface area contributed by atoms with E-state index >= 15 is 0 Å². The maximum atomic E-state index is 13.6. The van der Waals surface area contributed by atoms with Gasteiger partial charge in [-0.2, -0.15) is 0 Å². The maximum Gasteiger partial charge on any atom is 0.146 e. The van der Waals surface area contributed by atoms with Crippen molar-refractivity contribution in [1.29, 1.82) is 0 Å². The molecule has 1 aromatic carbocycles. The summed E-state index contributed by atoms with van der Waals surface area (Å²) in [6, 6.07) is 3.80. The third-order valence-corrected chi connectivity index (χ3v) is 2.27. The Hall–Kier alpha value is -1.97. The number of aromatic nitrogens is 1. The molecule has 16 heavy (non-hydrogen) atoms. The minimum atomic E-state index is -0.627. The summed E-state index contributed by atoms with van der Waals surface area (Å²) in [6.45, 7) is 1.84. The van der Waals surface area contributed by atoms with Gasteiger partial charge < -0.3 is 5.73 Å². The van der Waals surface area contributed by atoms with Crippen molar-refractivity contribution in [2.75, 3.05) is 5.73 Å². The van der Waals surface area contributed by atoms with Crippen LogP contribution in [0, 0.1) is 18.6 Å². The molecule has 0 bridgehead atoms. The molecule has 1 heterocycles. The van der Waals surface area contributed by atoms with Crippen molar-refractivity contribution >= 4 is 5.69 Å². The average Bonchev–Trinajstić information content (AvgIpc) is 2.23. The molecule has 1 aromatic heterocycles. The van der Waals surface area contributed by atoms with Gasteiger partial charge in [-0.3, -0.25) is 4.98 Å². The Kier molecular flexibility index (Phi) is 2.56. The Labute approximate surface area is 91.7 Å². The first-order valence-corrected chi connectivity index (χ1v) is 4.74. The molecular formula is C12H10F2N2. The van der Waals surface area contributed by atoms with E-state index in [1.165, 1.54) is 6.20 Å². The third kappa shape index (κ3) is 1.86. The lowest BCUT2D eigenvalue weighted by Crippen LogP contribution is -1.95. The van der Waals surface area contributed by atoms with Gasteiger partial charge in [0.15, 0.2) is 0 Å². The lowest BCUT2D eigenvalue weighted by molar-refractivity contribution is 0.607. The number of halogens is 2. The van der Waals surface area contributed by atoms with Gasteiger partial charge in [0.2, 0.25) is 0 Å². The molecule has 2 N–H and O–H groups in total. The highest BCUT2D eigenvalue weighted by Gasteiger charge is 2.10. The van der Waals surface area contributed by atoms with Crippen molar-refractivity contribution in [3.05, 3.63) is 47.8 Å². The van der Waals surface area contributed by atoms with Crippen molar-refractivity contribution < 1.29 is 8.78 Å². The number of nitrogen functional groups attached to an aromatic ring is 1.